The van der Waals surface area contributed by atoms with Gasteiger partial charge in [-0.05, 0) is 91.1 Å². The van der Waals surface area contributed by atoms with E-state index in [1.54, 1.807) is 18.3 Å². The monoisotopic (exact) mass is 557 g/mol. The van der Waals surface area contributed by atoms with Crippen molar-refractivity contribution in [2.45, 2.75) is 12.1 Å². The summed E-state index contributed by atoms with van der Waals surface area (Å²) in [6.07, 6.45) is 1.77. The van der Waals surface area contributed by atoms with Crippen LogP contribution in [0.15, 0.2) is 114 Å². The third kappa shape index (κ3) is 4.86. The predicted octanol–water partition coefficient (Wildman–Crippen LogP) is 8.62. The van der Waals surface area contributed by atoms with E-state index in [4.69, 9.17) is 44.6 Å². The van der Waals surface area contributed by atoms with Crippen LogP contribution in [0.5, 0.6) is 11.5 Å². The van der Waals surface area contributed by atoms with E-state index in [9.17, 15) is 0 Å². The first kappa shape index (κ1) is 24.5. The van der Waals surface area contributed by atoms with Gasteiger partial charge >= 0.3 is 0 Å². The van der Waals surface area contributed by atoms with Crippen LogP contribution in [0.4, 0.5) is 5.69 Å². The summed E-state index contributed by atoms with van der Waals surface area (Å²) in [5.41, 5.74) is 2.52. The first-order valence-electron chi connectivity index (χ1n) is 12.0. The first-order valence-corrected chi connectivity index (χ1v) is 13.1. The molecular weight excluding hydrogens is 537 g/mol. The maximum absolute atomic E-state index is 6.47. The molecule has 1 fully saturated rings. The molecule has 3 aromatic carbocycles. The molecule has 0 bridgehead atoms. The number of benzene rings is 3. The highest BCUT2D eigenvalue weighted by Crippen LogP contribution is 2.44. The summed E-state index contributed by atoms with van der Waals surface area (Å²) in [7, 11) is 0. The van der Waals surface area contributed by atoms with E-state index < -0.39 is 0 Å². The van der Waals surface area contributed by atoms with Gasteiger partial charge in [0.15, 0.2) is 5.11 Å². The van der Waals surface area contributed by atoms with Gasteiger partial charge in [0.05, 0.1) is 16.8 Å². The third-order valence-electron chi connectivity index (χ3n) is 6.31. The van der Waals surface area contributed by atoms with Gasteiger partial charge in [-0.2, -0.15) is 0 Å². The molecule has 5 nitrogen and oxygen atoms in total. The number of rotatable bonds is 6. The van der Waals surface area contributed by atoms with Gasteiger partial charge in [0.25, 0.3) is 0 Å². The van der Waals surface area contributed by atoms with Gasteiger partial charge in [0.1, 0.15) is 29.1 Å². The second kappa shape index (κ2) is 10.5. The van der Waals surface area contributed by atoms with Gasteiger partial charge in [0, 0.05) is 22.5 Å². The molecule has 8 heteroatoms. The highest BCUT2D eigenvalue weighted by atomic mass is 35.5. The Balaban J connectivity index is 1.37. The molecule has 0 saturated carbocycles. The van der Waals surface area contributed by atoms with Crippen LogP contribution in [-0.4, -0.2) is 10.1 Å². The predicted molar refractivity (Wildman–Crippen MR) is 155 cm³/mol. The lowest BCUT2D eigenvalue weighted by atomic mass is 10.0. The number of thiocarbonyl (C=S) groups is 1. The zero-order chi connectivity index (χ0) is 26.1. The summed E-state index contributed by atoms with van der Waals surface area (Å²) in [6.45, 7) is 0. The molecule has 1 N–H and O–H groups in total. The summed E-state index contributed by atoms with van der Waals surface area (Å²) in [4.78, 5) is 6.65. The highest BCUT2D eigenvalue weighted by molar-refractivity contribution is 7.80. The normalized spacial score (nSPS) is 16.9. The lowest BCUT2D eigenvalue weighted by molar-refractivity contribution is 0.439. The average Bonchev–Trinajstić information content (AvgIpc) is 3.55. The van der Waals surface area contributed by atoms with Crippen LogP contribution in [0.25, 0.3) is 11.3 Å². The number of hydrogen-bond acceptors (Lipinski definition) is 4. The molecule has 0 radical (unpaired) electrons. The van der Waals surface area contributed by atoms with E-state index in [0.717, 1.165) is 34.2 Å². The topological polar surface area (TPSA) is 50.5 Å². The number of furan rings is 1. The van der Waals surface area contributed by atoms with Crippen molar-refractivity contribution in [2.24, 2.45) is 0 Å². The Bertz CT molecular complexity index is 1580. The van der Waals surface area contributed by atoms with E-state index in [-0.39, 0.29) is 12.1 Å². The molecule has 38 heavy (non-hydrogen) atoms. The van der Waals surface area contributed by atoms with Gasteiger partial charge in [-0.25, -0.2) is 0 Å². The Morgan fingerprint density at radius 2 is 1.61 bits per heavy atom. The number of hydrogen-bond donors (Lipinski definition) is 1. The van der Waals surface area contributed by atoms with Gasteiger partial charge < -0.3 is 19.4 Å². The van der Waals surface area contributed by atoms with Crippen LogP contribution < -0.4 is 15.0 Å². The number of nitrogens with zero attached hydrogens (tertiary/aromatic N) is 2. The Kier molecular flexibility index (Phi) is 6.77. The maximum Gasteiger partial charge on any atom is 0.174 e. The van der Waals surface area contributed by atoms with Crippen LogP contribution >= 0.6 is 35.4 Å². The average molecular weight is 558 g/mol. The molecule has 1 saturated heterocycles. The number of halogens is 2. The van der Waals surface area contributed by atoms with Crippen LogP contribution in [-0.2, 0) is 0 Å². The maximum atomic E-state index is 6.47. The molecule has 2 aromatic heterocycles. The Morgan fingerprint density at radius 1 is 0.842 bits per heavy atom. The largest absolute Gasteiger partial charge is 0.459 e. The zero-order valence-corrected chi connectivity index (χ0v) is 22.3. The molecule has 1 aliphatic heterocycles. The van der Waals surface area contributed by atoms with Crippen molar-refractivity contribution >= 4 is 46.2 Å². The highest BCUT2D eigenvalue weighted by Gasteiger charge is 2.42. The van der Waals surface area contributed by atoms with Crippen molar-refractivity contribution in [2.75, 3.05) is 4.90 Å². The number of aromatic nitrogens is 1. The Morgan fingerprint density at radius 3 is 2.34 bits per heavy atom. The van der Waals surface area contributed by atoms with Gasteiger partial charge in [-0.1, -0.05) is 47.5 Å². The number of para-hydroxylation sites is 1. The molecule has 0 spiro atoms. The van der Waals surface area contributed by atoms with Crippen LogP contribution in [0.2, 0.25) is 10.0 Å². The Hall–Kier alpha value is -3.84. The number of anilines is 1. The Labute approximate surface area is 235 Å². The third-order valence-corrected chi connectivity index (χ3v) is 7.17. The standard InChI is InChI=1S/C30H21Cl2N3O2S/c31-19-9-14-23(24(32)18-19)26-15-16-27(37-26)29-28(25-8-4-5-17-33-25)34-30(38)35(29)20-10-12-22(13-11-20)36-21-6-2-1-3-7-21/h1-18,28-29H,(H,34,38)/t28-,29-/m1/s1. The van der Waals surface area contributed by atoms with Gasteiger partial charge in [0.2, 0.25) is 0 Å². The molecular formula is C30H21Cl2N3O2S. The minimum atomic E-state index is -0.293. The quantitative estimate of drug-likeness (QED) is 0.211. The second-order valence-electron chi connectivity index (χ2n) is 8.73. The fourth-order valence-electron chi connectivity index (χ4n) is 4.57. The lowest BCUT2D eigenvalue weighted by Gasteiger charge is -2.26. The molecule has 5 aromatic rings. The van der Waals surface area contributed by atoms with Crippen molar-refractivity contribution in [3.05, 3.63) is 131 Å². The summed E-state index contributed by atoms with van der Waals surface area (Å²) in [5.74, 6) is 2.87. The molecule has 0 unspecified atom stereocenters. The minimum absolute atomic E-state index is 0.233. The fourth-order valence-corrected chi connectivity index (χ4v) is 5.41. The summed E-state index contributed by atoms with van der Waals surface area (Å²) < 4.78 is 12.4. The minimum Gasteiger partial charge on any atom is -0.459 e. The zero-order valence-electron chi connectivity index (χ0n) is 19.9. The van der Waals surface area contributed by atoms with E-state index in [2.05, 4.69) is 10.3 Å². The first-order chi connectivity index (χ1) is 18.6. The van der Waals surface area contributed by atoms with E-state index in [1.165, 1.54) is 0 Å². The van der Waals surface area contributed by atoms with Crippen LogP contribution in [0.1, 0.15) is 23.5 Å². The molecule has 3 heterocycles. The van der Waals surface area contributed by atoms with E-state index in [1.807, 2.05) is 95.9 Å². The van der Waals surface area contributed by atoms with Gasteiger partial charge in [-0.3, -0.25) is 4.98 Å². The smallest absolute Gasteiger partial charge is 0.174 e. The van der Waals surface area contributed by atoms with Crippen molar-refractivity contribution in [3.8, 4) is 22.8 Å². The number of pyridine rings is 1. The van der Waals surface area contributed by atoms with Crippen molar-refractivity contribution in [1.29, 1.82) is 0 Å². The lowest BCUT2D eigenvalue weighted by Crippen LogP contribution is -2.29. The van der Waals surface area contributed by atoms with Crippen LogP contribution in [0, 0.1) is 0 Å². The van der Waals surface area contributed by atoms with Gasteiger partial charge in [-0.15, -0.1) is 0 Å². The molecule has 6 rings (SSSR count). The molecule has 2 atom stereocenters. The summed E-state index contributed by atoms with van der Waals surface area (Å²) in [5, 5.41) is 5.11. The molecule has 1 aliphatic rings. The summed E-state index contributed by atoms with van der Waals surface area (Å²) in [6, 6.07) is 32.0. The second-order valence-corrected chi connectivity index (χ2v) is 9.96. The van der Waals surface area contributed by atoms with Crippen molar-refractivity contribution in [3.63, 3.8) is 0 Å². The molecule has 0 amide bonds. The molecule has 188 valence electrons. The SMILES string of the molecule is S=C1N[C@H](c2ccccn2)[C@@H](c2ccc(-c3ccc(Cl)cc3Cl)o2)N1c1ccc(Oc2ccccc2)cc1. The fraction of sp³-hybridized carbons (Fsp3) is 0.0667. The van der Waals surface area contributed by atoms with Crippen molar-refractivity contribution < 1.29 is 9.15 Å². The molecule has 0 aliphatic carbocycles. The number of ether oxygens (including phenoxy) is 1. The van der Waals surface area contributed by atoms with E-state index in [0.29, 0.717) is 20.9 Å². The van der Waals surface area contributed by atoms with Crippen molar-refractivity contribution in [1.82, 2.24) is 10.3 Å². The van der Waals surface area contributed by atoms with E-state index >= 15 is 0 Å². The number of nitrogens with one attached hydrogen (secondary N) is 1. The summed E-state index contributed by atoms with van der Waals surface area (Å²) >= 11 is 18.4. The van der Waals surface area contributed by atoms with Crippen LogP contribution in [0.3, 0.4) is 0 Å².